The summed E-state index contributed by atoms with van der Waals surface area (Å²) in [6.07, 6.45) is -3.90. The Morgan fingerprint density at radius 1 is 0.667 bits per heavy atom. The van der Waals surface area contributed by atoms with Gasteiger partial charge in [0, 0.05) is 0 Å². The number of carbonyl (C=O) groups is 4. The van der Waals surface area contributed by atoms with Crippen LogP contribution in [0.3, 0.4) is 0 Å². The first-order valence-corrected chi connectivity index (χ1v) is 5.37. The van der Waals surface area contributed by atoms with Crippen molar-refractivity contribution in [3.05, 3.63) is 0 Å². The molecule has 0 saturated heterocycles. The van der Waals surface area contributed by atoms with Crippen LogP contribution in [0.15, 0.2) is 0 Å². The fraction of sp³-hybridized carbons (Fsp3) is 0.600. The zero-order valence-electron chi connectivity index (χ0n) is 13.1. The summed E-state index contributed by atoms with van der Waals surface area (Å²) in [5.41, 5.74) is 6.88. The molecular weight excluding hydrogens is 316 g/mol. The maximum absolute atomic E-state index is 10.8. The number of carboxylic acids is 4. The first-order chi connectivity index (χ1) is 8.92. The van der Waals surface area contributed by atoms with Crippen LogP contribution in [0.5, 0.6) is 0 Å². The Morgan fingerprint density at radius 3 is 0.905 bits per heavy atom. The minimum Gasteiger partial charge on any atom is -1.00 e. The Labute approximate surface area is 152 Å². The van der Waals surface area contributed by atoms with Crippen molar-refractivity contribution in [2.75, 3.05) is 0 Å². The molecule has 0 aliphatic rings. The molecule has 0 amide bonds. The molecule has 0 atom stereocenters. The van der Waals surface area contributed by atoms with Crippen molar-refractivity contribution < 1.29 is 42.5 Å². The minimum absolute atomic E-state index is 0. The summed E-state index contributed by atoms with van der Waals surface area (Å²) in [5, 5.41) is 35.1. The largest absolute Gasteiger partial charge is 2.00 e. The predicted octanol–water partition coefficient (Wildman–Crippen LogP) is -1.88. The SMILES string of the molecule is NC(CC(=O)O)(CC(=O)O)C(N)(CC(=O)O)CC(=O)O.[Ca+2].[H-].[H-]. The molecule has 0 fully saturated rings. The van der Waals surface area contributed by atoms with Gasteiger partial charge in [-0.2, -0.15) is 0 Å². The summed E-state index contributed by atoms with van der Waals surface area (Å²) in [4.78, 5) is 43.2. The fourth-order valence-corrected chi connectivity index (χ4v) is 1.91. The summed E-state index contributed by atoms with van der Waals surface area (Å²) in [5.74, 6) is -6.06. The van der Waals surface area contributed by atoms with E-state index in [-0.39, 0.29) is 40.6 Å². The molecule has 0 bridgehead atoms. The van der Waals surface area contributed by atoms with E-state index in [4.69, 9.17) is 31.9 Å². The first kappa shape index (κ1) is 22.3. The van der Waals surface area contributed by atoms with Gasteiger partial charge in [0.25, 0.3) is 0 Å². The van der Waals surface area contributed by atoms with Crippen LogP contribution in [0.2, 0.25) is 0 Å². The molecule has 0 aromatic heterocycles. The fourth-order valence-electron chi connectivity index (χ4n) is 1.91. The van der Waals surface area contributed by atoms with Crippen LogP contribution in [0.25, 0.3) is 0 Å². The standard InChI is InChI=1S/C10H16N2O8.Ca.2H/c11-9(1-5(13)14,2-6(15)16)10(12,3-7(17)18)4-8(19)20;;;/h1-4,11-12H2,(H,13,14)(H,15,16)(H,17,18)(H,19,20);;;/q;+2;2*-1. The molecule has 8 N–H and O–H groups in total. The molecule has 0 heterocycles. The second kappa shape index (κ2) is 8.49. The number of aliphatic carboxylic acids is 4. The third-order valence-electron chi connectivity index (χ3n) is 2.86. The molecule has 10 nitrogen and oxygen atoms in total. The molecule has 0 rings (SSSR count). The summed E-state index contributed by atoms with van der Waals surface area (Å²) in [6.45, 7) is 0. The third kappa shape index (κ3) is 7.05. The van der Waals surface area contributed by atoms with E-state index in [1.165, 1.54) is 0 Å². The van der Waals surface area contributed by atoms with Gasteiger partial charge in [0.1, 0.15) is 0 Å². The number of rotatable bonds is 9. The van der Waals surface area contributed by atoms with Crippen LogP contribution in [-0.2, 0) is 19.2 Å². The zero-order valence-corrected chi connectivity index (χ0v) is 13.3. The van der Waals surface area contributed by atoms with Gasteiger partial charge in [0.05, 0.1) is 36.8 Å². The van der Waals surface area contributed by atoms with Gasteiger partial charge in [0.2, 0.25) is 0 Å². The summed E-state index contributed by atoms with van der Waals surface area (Å²) in [6, 6.07) is 0. The van der Waals surface area contributed by atoms with E-state index < -0.39 is 60.6 Å². The monoisotopic (exact) mass is 334 g/mol. The molecule has 11 heteroatoms. The van der Waals surface area contributed by atoms with Crippen molar-refractivity contribution in [1.29, 1.82) is 0 Å². The smallest absolute Gasteiger partial charge is 1.00 e. The number of carboxylic acid groups (broad SMARTS) is 4. The molecule has 0 aromatic carbocycles. The molecule has 118 valence electrons. The van der Waals surface area contributed by atoms with Crippen molar-refractivity contribution in [2.45, 2.75) is 36.8 Å². The topological polar surface area (TPSA) is 201 Å². The average molecular weight is 334 g/mol. The Kier molecular flexibility index (Phi) is 9.03. The Balaban J connectivity index is -0.000000602. The number of nitrogens with two attached hydrogens (primary N) is 2. The summed E-state index contributed by atoms with van der Waals surface area (Å²) in [7, 11) is 0. The Morgan fingerprint density at radius 2 is 0.810 bits per heavy atom. The maximum atomic E-state index is 10.8. The van der Waals surface area contributed by atoms with E-state index in [9.17, 15) is 19.2 Å². The number of hydrogen-bond donors (Lipinski definition) is 6. The molecule has 0 unspecified atom stereocenters. The van der Waals surface area contributed by atoms with Crippen LogP contribution < -0.4 is 11.5 Å². The molecule has 0 saturated carbocycles. The second-order valence-electron chi connectivity index (χ2n) is 4.59. The molecule has 0 aromatic rings. The molecule has 0 spiro atoms. The molecule has 21 heavy (non-hydrogen) atoms. The first-order valence-electron chi connectivity index (χ1n) is 5.37. The molecule has 0 radical (unpaired) electrons. The molecule has 0 aliphatic carbocycles. The van der Waals surface area contributed by atoms with Crippen LogP contribution in [-0.4, -0.2) is 93.1 Å². The zero-order chi connectivity index (χ0) is 16.1. The number of hydrogen-bond acceptors (Lipinski definition) is 6. The van der Waals surface area contributed by atoms with Crippen LogP contribution >= 0.6 is 0 Å². The minimum atomic E-state index is -2.22. The maximum Gasteiger partial charge on any atom is 2.00 e. The summed E-state index contributed by atoms with van der Waals surface area (Å²) >= 11 is 0. The van der Waals surface area contributed by atoms with E-state index in [2.05, 4.69) is 0 Å². The van der Waals surface area contributed by atoms with E-state index in [1.54, 1.807) is 0 Å². The normalized spacial score (nSPS) is 11.3. The van der Waals surface area contributed by atoms with Crippen molar-refractivity contribution in [2.24, 2.45) is 11.5 Å². The van der Waals surface area contributed by atoms with Gasteiger partial charge < -0.3 is 34.7 Å². The van der Waals surface area contributed by atoms with Crippen molar-refractivity contribution in [3.8, 4) is 0 Å². The van der Waals surface area contributed by atoms with Gasteiger partial charge in [-0.15, -0.1) is 0 Å². The molecule has 0 aliphatic heterocycles. The van der Waals surface area contributed by atoms with Crippen LogP contribution in [0.4, 0.5) is 0 Å². The molecular formula is C10H18CaN2O8. The van der Waals surface area contributed by atoms with Gasteiger partial charge in [-0.3, -0.25) is 19.2 Å². The van der Waals surface area contributed by atoms with Gasteiger partial charge in [-0.25, -0.2) is 0 Å². The van der Waals surface area contributed by atoms with Gasteiger partial charge in [-0.05, 0) is 0 Å². The quantitative estimate of drug-likeness (QED) is 0.259. The van der Waals surface area contributed by atoms with E-state index in [1.807, 2.05) is 0 Å². The van der Waals surface area contributed by atoms with Gasteiger partial charge >= 0.3 is 61.6 Å². The van der Waals surface area contributed by atoms with E-state index >= 15 is 0 Å². The van der Waals surface area contributed by atoms with Crippen molar-refractivity contribution >= 4 is 61.6 Å². The van der Waals surface area contributed by atoms with E-state index in [0.29, 0.717) is 0 Å². The van der Waals surface area contributed by atoms with Crippen molar-refractivity contribution in [1.82, 2.24) is 0 Å². The third-order valence-corrected chi connectivity index (χ3v) is 2.86. The average Bonchev–Trinajstić information content (AvgIpc) is 2.10. The predicted molar refractivity (Wildman–Crippen MR) is 70.8 cm³/mol. The van der Waals surface area contributed by atoms with Gasteiger partial charge in [0.15, 0.2) is 0 Å². The van der Waals surface area contributed by atoms with Crippen LogP contribution in [0.1, 0.15) is 28.5 Å². The van der Waals surface area contributed by atoms with Crippen molar-refractivity contribution in [3.63, 3.8) is 0 Å². The summed E-state index contributed by atoms with van der Waals surface area (Å²) < 4.78 is 0. The Bertz CT molecular complexity index is 377. The van der Waals surface area contributed by atoms with E-state index in [0.717, 1.165) is 0 Å². The van der Waals surface area contributed by atoms with Crippen LogP contribution in [0, 0.1) is 0 Å². The van der Waals surface area contributed by atoms with Gasteiger partial charge in [-0.1, -0.05) is 0 Å². The second-order valence-corrected chi connectivity index (χ2v) is 4.59. The Hall–Kier alpha value is -0.940.